The number of halogens is 1. The molecule has 0 spiro atoms. The van der Waals surface area contributed by atoms with Crippen molar-refractivity contribution in [3.8, 4) is 0 Å². The second-order valence-corrected chi connectivity index (χ2v) is 11.7. The van der Waals surface area contributed by atoms with Crippen LogP contribution < -0.4 is 21.7 Å². The van der Waals surface area contributed by atoms with Gasteiger partial charge in [-0.1, -0.05) is 64.4 Å². The second kappa shape index (κ2) is 13.3. The number of rotatable bonds is 11. The summed E-state index contributed by atoms with van der Waals surface area (Å²) in [6.45, 7) is 7.24. The van der Waals surface area contributed by atoms with Crippen molar-refractivity contribution in [1.29, 1.82) is 0 Å². The summed E-state index contributed by atoms with van der Waals surface area (Å²) in [7, 11) is 0. The molecular formula is C32H40FN5O5. The Labute approximate surface area is 250 Å². The number of alkyl carbamates (subject to hydrolysis) is 1. The Morgan fingerprint density at radius 3 is 2.42 bits per heavy atom. The Balaban J connectivity index is 1.63. The fraction of sp³-hybridized carbons (Fsp3) is 0.438. The molecule has 4 rings (SSSR count). The number of carbonyl (C=O) groups excluding carboxylic acids is 4. The number of hydrogen-bond acceptors (Lipinski definition) is 5. The molecule has 1 heterocycles. The van der Waals surface area contributed by atoms with E-state index >= 15 is 0 Å². The van der Waals surface area contributed by atoms with Gasteiger partial charge >= 0.3 is 6.09 Å². The van der Waals surface area contributed by atoms with Crippen molar-refractivity contribution in [2.45, 2.75) is 77.6 Å². The van der Waals surface area contributed by atoms with Crippen LogP contribution >= 0.6 is 0 Å². The second-order valence-electron chi connectivity index (χ2n) is 11.7. The SMILES string of the molecule is CC[C@H](C)[C@H](NC(=O)OCc1ccccc1)C(=O)N[C@]1(C(=O)N[C@H](C(N)=O)C(C)C)CCc2[nH]c3ccc(F)cc3c2C1. The van der Waals surface area contributed by atoms with Gasteiger partial charge in [0, 0.05) is 23.0 Å². The fourth-order valence-corrected chi connectivity index (χ4v) is 5.53. The molecule has 1 aromatic heterocycles. The summed E-state index contributed by atoms with van der Waals surface area (Å²) in [5.41, 5.74) is 7.14. The van der Waals surface area contributed by atoms with Gasteiger partial charge in [-0.05, 0) is 54.0 Å². The van der Waals surface area contributed by atoms with Gasteiger partial charge in [-0.3, -0.25) is 14.4 Å². The quantitative estimate of drug-likeness (QED) is 0.230. The molecule has 3 aromatic rings. The van der Waals surface area contributed by atoms with E-state index in [-0.39, 0.29) is 31.3 Å². The van der Waals surface area contributed by atoms with E-state index in [1.54, 1.807) is 19.9 Å². The molecule has 10 nitrogen and oxygen atoms in total. The van der Waals surface area contributed by atoms with E-state index in [4.69, 9.17) is 10.5 Å². The molecule has 4 amide bonds. The van der Waals surface area contributed by atoms with Crippen molar-refractivity contribution in [2.75, 3.05) is 0 Å². The first-order chi connectivity index (χ1) is 20.4. The van der Waals surface area contributed by atoms with Crippen LogP contribution in [0.15, 0.2) is 48.5 Å². The highest BCUT2D eigenvalue weighted by atomic mass is 19.1. The normalized spacial score (nSPS) is 18.3. The molecule has 230 valence electrons. The minimum Gasteiger partial charge on any atom is -0.445 e. The van der Waals surface area contributed by atoms with Gasteiger partial charge in [-0.15, -0.1) is 0 Å². The molecule has 0 bridgehead atoms. The molecule has 0 saturated heterocycles. The average molecular weight is 594 g/mol. The molecule has 0 saturated carbocycles. The molecule has 2 aromatic carbocycles. The van der Waals surface area contributed by atoms with E-state index in [0.717, 1.165) is 11.3 Å². The molecule has 4 atom stereocenters. The molecular weight excluding hydrogens is 553 g/mol. The first-order valence-corrected chi connectivity index (χ1v) is 14.6. The lowest BCUT2D eigenvalue weighted by atomic mass is 9.78. The lowest BCUT2D eigenvalue weighted by molar-refractivity contribution is -0.137. The Morgan fingerprint density at radius 2 is 1.77 bits per heavy atom. The number of primary amides is 1. The van der Waals surface area contributed by atoms with Crippen molar-refractivity contribution in [3.05, 3.63) is 71.2 Å². The number of aryl methyl sites for hydroxylation is 1. The molecule has 0 fully saturated rings. The minimum absolute atomic E-state index is 0.0253. The van der Waals surface area contributed by atoms with Crippen LogP contribution in [0.4, 0.5) is 9.18 Å². The lowest BCUT2D eigenvalue weighted by Crippen LogP contribution is -2.67. The number of aromatic amines is 1. The van der Waals surface area contributed by atoms with Crippen LogP contribution in [0.25, 0.3) is 10.9 Å². The van der Waals surface area contributed by atoms with Crippen molar-refractivity contribution < 1.29 is 28.3 Å². The van der Waals surface area contributed by atoms with Gasteiger partial charge in [0.2, 0.25) is 17.7 Å². The molecule has 0 aliphatic heterocycles. The predicted molar refractivity (Wildman–Crippen MR) is 160 cm³/mol. The molecule has 43 heavy (non-hydrogen) atoms. The number of benzene rings is 2. The number of amides is 4. The summed E-state index contributed by atoms with van der Waals surface area (Å²) < 4.78 is 19.6. The summed E-state index contributed by atoms with van der Waals surface area (Å²) in [6, 6.07) is 11.5. The van der Waals surface area contributed by atoms with E-state index in [1.807, 2.05) is 44.2 Å². The van der Waals surface area contributed by atoms with Crippen LogP contribution in [0, 0.1) is 17.7 Å². The summed E-state index contributed by atoms with van der Waals surface area (Å²) in [5, 5.41) is 8.98. The topological polar surface area (TPSA) is 155 Å². The molecule has 1 aliphatic carbocycles. The van der Waals surface area contributed by atoms with Crippen molar-refractivity contribution >= 4 is 34.7 Å². The maximum atomic E-state index is 14.3. The number of hydrogen-bond donors (Lipinski definition) is 5. The Bertz CT molecular complexity index is 1490. The van der Waals surface area contributed by atoms with Gasteiger partial charge in [0.05, 0.1) is 0 Å². The third-order valence-corrected chi connectivity index (χ3v) is 8.28. The third-order valence-electron chi connectivity index (χ3n) is 8.28. The number of ether oxygens (including phenoxy) is 1. The smallest absolute Gasteiger partial charge is 0.408 e. The van der Waals surface area contributed by atoms with Crippen LogP contribution in [-0.2, 0) is 38.6 Å². The predicted octanol–water partition coefficient (Wildman–Crippen LogP) is 3.62. The number of nitrogens with two attached hydrogens (primary N) is 1. The van der Waals surface area contributed by atoms with Gasteiger partial charge in [0.1, 0.15) is 30.0 Å². The third kappa shape index (κ3) is 7.15. The maximum absolute atomic E-state index is 14.3. The standard InChI is InChI=1S/C32H40FN5O5/c1-5-19(4)27(37-31(42)43-17-20-9-7-6-8-10-20)29(40)38-32(30(41)36-26(18(2)3)28(34)39)14-13-25-23(16-32)22-15-21(33)11-12-24(22)35-25/h6-12,15,18-19,26-27,35H,5,13-14,16-17H2,1-4H3,(H2,34,39)(H,36,41)(H,37,42)(H,38,40)/t19-,26-,27-,32+/m0/s1. The van der Waals surface area contributed by atoms with Crippen LogP contribution in [0.5, 0.6) is 0 Å². The minimum atomic E-state index is -1.50. The van der Waals surface area contributed by atoms with Crippen LogP contribution in [0.3, 0.4) is 0 Å². The monoisotopic (exact) mass is 593 g/mol. The lowest BCUT2D eigenvalue weighted by Gasteiger charge is -2.39. The van der Waals surface area contributed by atoms with Crippen LogP contribution in [0.2, 0.25) is 0 Å². The van der Waals surface area contributed by atoms with Crippen molar-refractivity contribution in [1.82, 2.24) is 20.9 Å². The van der Waals surface area contributed by atoms with E-state index < -0.39 is 47.3 Å². The van der Waals surface area contributed by atoms with Crippen molar-refractivity contribution in [3.63, 3.8) is 0 Å². The summed E-state index contributed by atoms with van der Waals surface area (Å²) in [6.07, 6.45) is 0.400. The molecule has 6 N–H and O–H groups in total. The highest BCUT2D eigenvalue weighted by Crippen LogP contribution is 2.35. The van der Waals surface area contributed by atoms with Crippen molar-refractivity contribution in [2.24, 2.45) is 17.6 Å². The first-order valence-electron chi connectivity index (χ1n) is 14.6. The maximum Gasteiger partial charge on any atom is 0.408 e. The van der Waals surface area contributed by atoms with Gasteiger partial charge in [-0.2, -0.15) is 0 Å². The Hall–Kier alpha value is -4.41. The van der Waals surface area contributed by atoms with E-state index in [1.165, 1.54) is 12.1 Å². The Morgan fingerprint density at radius 1 is 1.05 bits per heavy atom. The van der Waals surface area contributed by atoms with E-state index in [0.29, 0.717) is 29.3 Å². The largest absolute Gasteiger partial charge is 0.445 e. The molecule has 11 heteroatoms. The zero-order chi connectivity index (χ0) is 31.3. The highest BCUT2D eigenvalue weighted by Gasteiger charge is 2.46. The highest BCUT2D eigenvalue weighted by molar-refractivity contribution is 5.98. The van der Waals surface area contributed by atoms with Gasteiger partial charge in [-0.25, -0.2) is 9.18 Å². The van der Waals surface area contributed by atoms with Gasteiger partial charge in [0.15, 0.2) is 0 Å². The summed E-state index contributed by atoms with van der Waals surface area (Å²) >= 11 is 0. The summed E-state index contributed by atoms with van der Waals surface area (Å²) in [4.78, 5) is 56.2. The molecule has 0 unspecified atom stereocenters. The summed E-state index contributed by atoms with van der Waals surface area (Å²) in [5.74, 6) is -2.89. The Kier molecular flexibility index (Phi) is 9.73. The molecule has 1 aliphatic rings. The average Bonchev–Trinajstić information content (AvgIpc) is 3.33. The zero-order valence-corrected chi connectivity index (χ0v) is 25.0. The number of H-pyrrole nitrogens is 1. The van der Waals surface area contributed by atoms with Crippen LogP contribution in [-0.4, -0.2) is 46.4 Å². The zero-order valence-electron chi connectivity index (χ0n) is 25.0. The van der Waals surface area contributed by atoms with E-state index in [2.05, 4.69) is 20.9 Å². The van der Waals surface area contributed by atoms with Gasteiger partial charge < -0.3 is 31.4 Å². The van der Waals surface area contributed by atoms with Crippen LogP contribution in [0.1, 0.15) is 57.4 Å². The fourth-order valence-electron chi connectivity index (χ4n) is 5.53. The van der Waals surface area contributed by atoms with Gasteiger partial charge in [0.25, 0.3) is 0 Å². The number of carbonyl (C=O) groups is 4. The number of nitrogens with one attached hydrogen (secondary N) is 4. The number of aromatic nitrogens is 1. The number of fused-ring (bicyclic) bond motifs is 3. The van der Waals surface area contributed by atoms with E-state index in [9.17, 15) is 23.6 Å². The molecule has 0 radical (unpaired) electrons. The first kappa shape index (κ1) is 31.5.